The normalized spacial score (nSPS) is 11.6. The van der Waals surface area contributed by atoms with Crippen molar-refractivity contribution >= 4 is 35.5 Å². The minimum atomic E-state index is -0.236. The summed E-state index contributed by atoms with van der Waals surface area (Å²) in [7, 11) is 0. The van der Waals surface area contributed by atoms with Crippen LogP contribution < -0.4 is 11.1 Å². The van der Waals surface area contributed by atoms with Crippen molar-refractivity contribution in [2.75, 3.05) is 5.32 Å². The lowest BCUT2D eigenvalue weighted by atomic mass is 9.98. The van der Waals surface area contributed by atoms with Crippen LogP contribution in [0, 0.1) is 10.8 Å². The Labute approximate surface area is 198 Å². The monoisotopic (exact) mass is 454 g/mol. The van der Waals surface area contributed by atoms with E-state index in [1.54, 1.807) is 31.6 Å². The third-order valence-electron chi connectivity index (χ3n) is 5.03. The van der Waals surface area contributed by atoms with Gasteiger partial charge < -0.3 is 15.8 Å². The van der Waals surface area contributed by atoms with E-state index in [9.17, 15) is 4.79 Å². The number of aromatic nitrogens is 2. The number of nitrogens with two attached hydrogens (primary N) is 1. The van der Waals surface area contributed by atoms with E-state index in [1.807, 2.05) is 48.5 Å². The first-order chi connectivity index (χ1) is 16.5. The zero-order valence-electron chi connectivity index (χ0n) is 18.8. The molecular weight excluding hydrogens is 428 g/mol. The van der Waals surface area contributed by atoms with Gasteiger partial charge in [0, 0.05) is 53.6 Å². The van der Waals surface area contributed by atoms with Crippen LogP contribution >= 0.6 is 0 Å². The minimum absolute atomic E-state index is 0.0404. The lowest BCUT2D eigenvalue weighted by molar-refractivity contribution is -0.112. The molecule has 1 aromatic carbocycles. The summed E-state index contributed by atoms with van der Waals surface area (Å²) in [5.41, 5.74) is 11.1. The third-order valence-corrected chi connectivity index (χ3v) is 5.03. The van der Waals surface area contributed by atoms with Crippen LogP contribution in [-0.2, 0) is 16.0 Å². The highest BCUT2D eigenvalue weighted by Gasteiger charge is 2.12. The quantitative estimate of drug-likeness (QED) is 0.216. The summed E-state index contributed by atoms with van der Waals surface area (Å²) in [5, 5.41) is 17.3. The Morgan fingerprint density at radius 1 is 1.15 bits per heavy atom. The zero-order valence-corrected chi connectivity index (χ0v) is 18.8. The molecule has 3 rings (SSSR count). The average molecular weight is 455 g/mol. The highest BCUT2D eigenvalue weighted by molar-refractivity contribution is 6.06. The third kappa shape index (κ3) is 6.46. The number of pyridine rings is 2. The van der Waals surface area contributed by atoms with Gasteiger partial charge in [-0.3, -0.25) is 25.6 Å². The molecule has 2 heterocycles. The number of hydrogen-bond donors (Lipinski definition) is 4. The zero-order chi connectivity index (χ0) is 24.3. The lowest BCUT2D eigenvalue weighted by Gasteiger charge is -2.11. The number of carbonyl (C=O) groups is 1. The summed E-state index contributed by atoms with van der Waals surface area (Å²) in [6, 6.07) is 14.8. The Bertz CT molecular complexity index is 1220. The standard InChI is InChI=1S/C26H26N6O2/c1-18(26(33)32-21-8-5-19(6-9-21)7-10-25(29)34-17-28)14-20-16-30-13-11-22(20)23(15-27)24-4-2-3-12-31-24/h2-6,8-9,11-17,28-29H,7,10,27H2,1H3,(H,32,33)/b18-14-,23-15?,28-17?,29-25?. The van der Waals surface area contributed by atoms with Crippen LogP contribution in [-0.4, -0.2) is 28.2 Å². The topological polar surface area (TPSA) is 138 Å². The van der Waals surface area contributed by atoms with Crippen LogP contribution in [0.4, 0.5) is 5.69 Å². The lowest BCUT2D eigenvalue weighted by Crippen LogP contribution is -2.12. The molecule has 2 aromatic heterocycles. The van der Waals surface area contributed by atoms with E-state index < -0.39 is 0 Å². The predicted octanol–water partition coefficient (Wildman–Crippen LogP) is 4.40. The second-order valence-electron chi connectivity index (χ2n) is 7.40. The molecule has 0 fully saturated rings. The number of ether oxygens (including phenoxy) is 1. The maximum absolute atomic E-state index is 12.8. The van der Waals surface area contributed by atoms with Gasteiger partial charge in [-0.15, -0.1) is 0 Å². The van der Waals surface area contributed by atoms with Crippen molar-refractivity contribution in [1.29, 1.82) is 10.8 Å². The van der Waals surface area contributed by atoms with E-state index in [0.717, 1.165) is 34.4 Å². The Kier molecular flexibility index (Phi) is 8.40. The number of amides is 1. The van der Waals surface area contributed by atoms with E-state index in [0.29, 0.717) is 24.1 Å². The van der Waals surface area contributed by atoms with Gasteiger partial charge in [-0.05, 0) is 60.9 Å². The Morgan fingerprint density at radius 3 is 2.62 bits per heavy atom. The number of aryl methyl sites for hydroxylation is 1. The number of nitrogens with zero attached hydrogens (tertiary/aromatic N) is 2. The molecule has 8 heteroatoms. The van der Waals surface area contributed by atoms with Crippen molar-refractivity contribution in [2.24, 2.45) is 5.73 Å². The Hall–Kier alpha value is -4.59. The number of anilines is 1. The second kappa shape index (κ2) is 11.9. The summed E-state index contributed by atoms with van der Waals surface area (Å²) in [6.07, 6.45) is 10.1. The molecule has 0 aliphatic heterocycles. The van der Waals surface area contributed by atoms with Gasteiger partial charge in [-0.1, -0.05) is 18.2 Å². The summed E-state index contributed by atoms with van der Waals surface area (Å²) < 4.78 is 4.71. The highest BCUT2D eigenvalue weighted by Crippen LogP contribution is 2.25. The summed E-state index contributed by atoms with van der Waals surface area (Å²) in [6.45, 7) is 1.74. The van der Waals surface area contributed by atoms with E-state index in [-0.39, 0.29) is 11.8 Å². The van der Waals surface area contributed by atoms with Crippen LogP contribution in [0.5, 0.6) is 0 Å². The fraction of sp³-hybridized carbons (Fsp3) is 0.115. The first-order valence-electron chi connectivity index (χ1n) is 10.6. The number of rotatable bonds is 9. The van der Waals surface area contributed by atoms with Gasteiger partial charge in [-0.2, -0.15) is 0 Å². The van der Waals surface area contributed by atoms with Crippen LogP contribution in [0.2, 0.25) is 0 Å². The van der Waals surface area contributed by atoms with Gasteiger partial charge in [0.2, 0.25) is 0 Å². The van der Waals surface area contributed by atoms with E-state index >= 15 is 0 Å². The molecular formula is C26H26N6O2. The van der Waals surface area contributed by atoms with Gasteiger partial charge >= 0.3 is 0 Å². The van der Waals surface area contributed by atoms with Crippen LogP contribution in [0.1, 0.15) is 35.7 Å². The molecule has 0 aliphatic rings. The molecule has 0 saturated heterocycles. The van der Waals surface area contributed by atoms with E-state index in [2.05, 4.69) is 15.3 Å². The van der Waals surface area contributed by atoms with E-state index in [1.165, 1.54) is 6.20 Å². The van der Waals surface area contributed by atoms with E-state index in [4.69, 9.17) is 21.3 Å². The molecule has 0 atom stereocenters. The van der Waals surface area contributed by atoms with Crippen molar-refractivity contribution in [3.05, 3.63) is 101 Å². The molecule has 8 nitrogen and oxygen atoms in total. The van der Waals surface area contributed by atoms with Crippen LogP contribution in [0.3, 0.4) is 0 Å². The molecule has 0 radical (unpaired) electrons. The van der Waals surface area contributed by atoms with Crippen molar-refractivity contribution in [1.82, 2.24) is 9.97 Å². The largest absolute Gasteiger partial charge is 0.433 e. The second-order valence-corrected chi connectivity index (χ2v) is 7.40. The van der Waals surface area contributed by atoms with Gasteiger partial charge in [0.05, 0.1) is 5.69 Å². The molecule has 5 N–H and O–H groups in total. The summed E-state index contributed by atoms with van der Waals surface area (Å²) in [4.78, 5) is 21.4. The molecule has 0 spiro atoms. The Morgan fingerprint density at radius 2 is 1.94 bits per heavy atom. The molecule has 3 aromatic rings. The molecule has 0 aliphatic carbocycles. The van der Waals surface area contributed by atoms with Crippen molar-refractivity contribution in [2.45, 2.75) is 19.8 Å². The van der Waals surface area contributed by atoms with Gasteiger partial charge in [0.25, 0.3) is 5.91 Å². The number of nitrogens with one attached hydrogen (secondary N) is 3. The SMILES string of the molecule is C/C(=C/c1cnccc1C(=CN)c1ccccn1)C(=O)Nc1ccc(CCC(=N)OC=N)cc1. The average Bonchev–Trinajstić information content (AvgIpc) is 2.86. The van der Waals surface area contributed by atoms with Crippen molar-refractivity contribution in [3.8, 4) is 0 Å². The summed E-state index contributed by atoms with van der Waals surface area (Å²) in [5.74, 6) is -0.196. The Balaban J connectivity index is 1.72. The van der Waals surface area contributed by atoms with Crippen LogP contribution in [0.25, 0.3) is 11.6 Å². The minimum Gasteiger partial charge on any atom is -0.433 e. The molecule has 0 saturated carbocycles. The first kappa shape index (κ1) is 24.1. The first-order valence-corrected chi connectivity index (χ1v) is 10.6. The van der Waals surface area contributed by atoms with Crippen molar-refractivity contribution in [3.63, 3.8) is 0 Å². The fourth-order valence-corrected chi connectivity index (χ4v) is 3.27. The van der Waals surface area contributed by atoms with Crippen molar-refractivity contribution < 1.29 is 9.53 Å². The molecule has 0 unspecified atom stereocenters. The number of carbonyl (C=O) groups excluding carboxylic acids is 1. The maximum atomic E-state index is 12.8. The van der Waals surface area contributed by atoms with Crippen LogP contribution in [0.15, 0.2) is 78.9 Å². The molecule has 172 valence electrons. The van der Waals surface area contributed by atoms with Gasteiger partial charge in [0.1, 0.15) is 0 Å². The summed E-state index contributed by atoms with van der Waals surface area (Å²) >= 11 is 0. The van der Waals surface area contributed by atoms with Gasteiger partial charge in [0.15, 0.2) is 12.3 Å². The molecule has 0 bridgehead atoms. The smallest absolute Gasteiger partial charge is 0.251 e. The number of hydrogen-bond acceptors (Lipinski definition) is 7. The maximum Gasteiger partial charge on any atom is 0.251 e. The predicted molar refractivity (Wildman–Crippen MR) is 134 cm³/mol. The fourth-order valence-electron chi connectivity index (χ4n) is 3.27. The number of benzene rings is 1. The molecule has 34 heavy (non-hydrogen) atoms. The van der Waals surface area contributed by atoms with Gasteiger partial charge in [-0.25, -0.2) is 0 Å². The molecule has 1 amide bonds. The highest BCUT2D eigenvalue weighted by atomic mass is 16.5.